The van der Waals surface area contributed by atoms with Crippen molar-refractivity contribution < 1.29 is 17.0 Å². The summed E-state index contributed by atoms with van der Waals surface area (Å²) in [6, 6.07) is 0. The summed E-state index contributed by atoms with van der Waals surface area (Å²) in [5.74, 6) is 0.00864. The van der Waals surface area contributed by atoms with Crippen molar-refractivity contribution in [2.45, 2.75) is 84.5 Å². The topological polar surface area (TPSA) is 64.6 Å². The Hall–Kier alpha value is 0.0469. The van der Waals surface area contributed by atoms with Crippen molar-refractivity contribution in [3.05, 3.63) is 0 Å². The van der Waals surface area contributed by atoms with Crippen LogP contribution in [0.3, 0.4) is 0 Å². The van der Waals surface area contributed by atoms with E-state index < -0.39 is 18.4 Å². The zero-order valence-corrected chi connectivity index (χ0v) is 18.7. The van der Waals surface area contributed by atoms with Gasteiger partial charge < -0.3 is 9.74 Å². The molecule has 0 radical (unpaired) electrons. The van der Waals surface area contributed by atoms with E-state index in [9.17, 15) is 8.42 Å². The second kappa shape index (κ2) is 10.9. The van der Waals surface area contributed by atoms with Crippen molar-refractivity contribution >= 4 is 18.4 Å². The molecule has 0 atom stereocenters. The van der Waals surface area contributed by atoms with E-state index in [-0.39, 0.29) is 11.9 Å². The monoisotopic (exact) mass is 381 g/mol. The van der Waals surface area contributed by atoms with E-state index in [0.717, 1.165) is 19.6 Å². The maximum Gasteiger partial charge on any atom is 0.268 e. The summed E-state index contributed by atoms with van der Waals surface area (Å²) in [4.78, 5) is 0. The third-order valence-corrected chi connectivity index (χ3v) is 11.9. The van der Waals surface area contributed by atoms with Crippen molar-refractivity contribution in [3.63, 3.8) is 0 Å². The molecule has 0 aliphatic rings. The fraction of sp³-hybridized carbons (Fsp3) is 1.00. The van der Waals surface area contributed by atoms with Gasteiger partial charge in [0.05, 0.1) is 11.9 Å². The van der Waals surface area contributed by atoms with Crippen LogP contribution in [-0.2, 0) is 18.7 Å². The minimum atomic E-state index is -3.42. The first kappa shape index (κ1) is 24.0. The van der Waals surface area contributed by atoms with Gasteiger partial charge in [0, 0.05) is 13.2 Å². The van der Waals surface area contributed by atoms with Gasteiger partial charge in [-0.15, -0.1) is 0 Å². The second-order valence-corrected chi connectivity index (χ2v) is 14.9. The number of hydrogen-bond acceptors (Lipinski definition) is 5. The number of rotatable bonds is 13. The summed E-state index contributed by atoms with van der Waals surface area (Å²) in [6.45, 7) is 19.0. The first-order valence-electron chi connectivity index (χ1n) is 9.21. The molecule has 0 bridgehead atoms. The van der Waals surface area contributed by atoms with Gasteiger partial charge >= 0.3 is 0 Å². The number of hydrogen-bond donors (Lipinski definition) is 1. The van der Waals surface area contributed by atoms with Gasteiger partial charge in [-0.1, -0.05) is 41.5 Å². The average molecular weight is 382 g/mol. The molecule has 0 aromatic carbocycles. The highest BCUT2D eigenvalue weighted by atomic mass is 32.2. The lowest BCUT2D eigenvalue weighted by Crippen LogP contribution is -2.48. The lowest BCUT2D eigenvalue weighted by atomic mass is 10.4. The third kappa shape index (κ3) is 7.95. The predicted molar refractivity (Wildman–Crippen MR) is 104 cm³/mol. The Kier molecular flexibility index (Phi) is 10.9. The molecule has 0 aromatic heterocycles. The summed E-state index contributed by atoms with van der Waals surface area (Å²) in [5, 5.41) is 3.16. The highest BCUT2D eigenvalue weighted by Gasteiger charge is 2.44. The zero-order chi connectivity index (χ0) is 19.0. The summed E-state index contributed by atoms with van der Waals surface area (Å²) >= 11 is 0. The summed E-state index contributed by atoms with van der Waals surface area (Å²) in [6.07, 6.45) is 0.594. The van der Waals surface area contributed by atoms with Crippen LogP contribution in [0.25, 0.3) is 0 Å². The summed E-state index contributed by atoms with van der Waals surface area (Å²) < 4.78 is 34.6. The third-order valence-electron chi connectivity index (χ3n) is 4.42. The van der Waals surface area contributed by atoms with Crippen LogP contribution in [0.1, 0.15) is 61.8 Å². The van der Waals surface area contributed by atoms with Gasteiger partial charge in [-0.3, -0.25) is 4.18 Å². The Bertz CT molecular complexity index is 414. The van der Waals surface area contributed by atoms with E-state index in [0.29, 0.717) is 23.2 Å². The molecule has 0 heterocycles. The Balaban J connectivity index is 4.16. The molecule has 5 nitrogen and oxygen atoms in total. The molecule has 0 spiro atoms. The number of nitrogens with one attached hydrogen (secondary N) is 1. The Labute approximate surface area is 151 Å². The van der Waals surface area contributed by atoms with Crippen molar-refractivity contribution in [3.8, 4) is 0 Å². The molecule has 0 rings (SSSR count). The molecule has 146 valence electrons. The first-order valence-corrected chi connectivity index (χ1v) is 12.9. The molecule has 0 aromatic rings. The highest BCUT2D eigenvalue weighted by Crippen LogP contribution is 2.42. The highest BCUT2D eigenvalue weighted by molar-refractivity contribution is 7.86. The van der Waals surface area contributed by atoms with Crippen LogP contribution in [0.15, 0.2) is 0 Å². The second-order valence-electron chi connectivity index (χ2n) is 7.68. The van der Waals surface area contributed by atoms with E-state index in [4.69, 9.17) is 8.61 Å². The summed E-state index contributed by atoms with van der Waals surface area (Å²) in [7, 11) is -5.21. The quantitative estimate of drug-likeness (QED) is 0.298. The molecule has 0 amide bonds. The van der Waals surface area contributed by atoms with E-state index >= 15 is 0 Å². The van der Waals surface area contributed by atoms with E-state index in [2.05, 4.69) is 46.9 Å². The SMILES string of the molecule is CC(C)OS(=O)(=O)CCNCCCO[Si](C(C)C)(C(C)C)C(C)C. The Morgan fingerprint density at radius 1 is 0.875 bits per heavy atom. The average Bonchev–Trinajstić information content (AvgIpc) is 2.38. The molecular weight excluding hydrogens is 342 g/mol. The van der Waals surface area contributed by atoms with Gasteiger partial charge in [0.2, 0.25) is 0 Å². The van der Waals surface area contributed by atoms with Crippen molar-refractivity contribution in [1.82, 2.24) is 5.32 Å². The molecule has 0 fully saturated rings. The van der Waals surface area contributed by atoms with Gasteiger partial charge in [-0.2, -0.15) is 8.42 Å². The van der Waals surface area contributed by atoms with Crippen LogP contribution in [-0.4, -0.2) is 48.3 Å². The van der Waals surface area contributed by atoms with Crippen LogP contribution in [0.4, 0.5) is 0 Å². The van der Waals surface area contributed by atoms with Crippen molar-refractivity contribution in [2.24, 2.45) is 0 Å². The molecule has 0 unspecified atom stereocenters. The molecule has 0 saturated heterocycles. The fourth-order valence-electron chi connectivity index (χ4n) is 3.61. The maximum atomic E-state index is 11.6. The van der Waals surface area contributed by atoms with E-state index in [1.165, 1.54) is 0 Å². The summed E-state index contributed by atoms with van der Waals surface area (Å²) in [5.41, 5.74) is 1.76. The van der Waals surface area contributed by atoms with Gasteiger partial charge in [-0.25, -0.2) is 0 Å². The molecule has 7 heteroatoms. The van der Waals surface area contributed by atoms with Crippen LogP contribution in [0.5, 0.6) is 0 Å². The minimum absolute atomic E-state index is 0.00864. The first-order chi connectivity index (χ1) is 11.0. The van der Waals surface area contributed by atoms with E-state index in [1.54, 1.807) is 13.8 Å². The van der Waals surface area contributed by atoms with Gasteiger partial charge in [0.15, 0.2) is 8.32 Å². The van der Waals surface area contributed by atoms with E-state index in [1.807, 2.05) is 0 Å². The molecule has 0 saturated carbocycles. The molecule has 24 heavy (non-hydrogen) atoms. The zero-order valence-electron chi connectivity index (χ0n) is 16.9. The molecular formula is C17H39NO4SSi. The van der Waals surface area contributed by atoms with Crippen molar-refractivity contribution in [2.75, 3.05) is 25.4 Å². The standard InChI is InChI=1S/C17H39NO4SSi/c1-14(2)22-23(19,20)13-11-18-10-9-12-21-24(15(3)4,16(5)6)17(7)8/h14-18H,9-13H2,1-8H3. The van der Waals surface area contributed by atoms with Gasteiger partial charge in [0.1, 0.15) is 0 Å². The smallest absolute Gasteiger partial charge is 0.268 e. The Morgan fingerprint density at radius 2 is 1.38 bits per heavy atom. The van der Waals surface area contributed by atoms with Crippen LogP contribution in [0.2, 0.25) is 16.6 Å². The minimum Gasteiger partial charge on any atom is -0.416 e. The Morgan fingerprint density at radius 3 is 1.79 bits per heavy atom. The predicted octanol–water partition coefficient (Wildman–Crippen LogP) is 3.91. The largest absolute Gasteiger partial charge is 0.416 e. The fourth-order valence-corrected chi connectivity index (χ4v) is 10.2. The van der Waals surface area contributed by atoms with Gasteiger partial charge in [-0.05, 0) is 43.4 Å². The lowest BCUT2D eigenvalue weighted by Gasteiger charge is -2.42. The van der Waals surface area contributed by atoms with Crippen LogP contribution >= 0.6 is 0 Å². The normalized spacial score (nSPS) is 13.7. The van der Waals surface area contributed by atoms with Crippen LogP contribution < -0.4 is 5.32 Å². The maximum absolute atomic E-state index is 11.6. The van der Waals surface area contributed by atoms with Crippen LogP contribution in [0, 0.1) is 0 Å². The molecule has 0 aliphatic heterocycles. The molecule has 0 aliphatic carbocycles. The van der Waals surface area contributed by atoms with Crippen molar-refractivity contribution in [1.29, 1.82) is 0 Å². The lowest BCUT2D eigenvalue weighted by molar-refractivity contribution is 0.248. The van der Waals surface area contributed by atoms with Gasteiger partial charge in [0.25, 0.3) is 10.1 Å². The molecule has 1 N–H and O–H groups in total.